The summed E-state index contributed by atoms with van der Waals surface area (Å²) in [4.78, 5) is 27.8. The average molecular weight is 610 g/mol. The van der Waals surface area contributed by atoms with Gasteiger partial charge < -0.3 is 10.2 Å². The molecule has 3 rings (SSSR count). The minimum absolute atomic E-state index is 0.0479. The molecule has 220 valence electrons. The van der Waals surface area contributed by atoms with E-state index in [0.29, 0.717) is 15.9 Å². The Hall–Kier alpha value is -3.57. The van der Waals surface area contributed by atoms with Crippen molar-refractivity contribution in [1.29, 1.82) is 0 Å². The molecular weight excluding hydrogens is 579 g/mol. The van der Waals surface area contributed by atoms with Crippen molar-refractivity contribution < 1.29 is 31.2 Å². The smallest absolute Gasteiger partial charge is 0.352 e. The van der Waals surface area contributed by atoms with E-state index in [0.717, 1.165) is 17.7 Å². The number of benzene rings is 3. The number of nitrogens with zero attached hydrogens (tertiary/aromatic N) is 2. The van der Waals surface area contributed by atoms with E-state index in [9.17, 15) is 31.2 Å². The molecule has 2 amide bonds. The molecule has 0 aliphatic rings. The molecule has 1 N–H and O–H groups in total. The molecule has 0 aromatic heterocycles. The number of aryl methyl sites for hydroxylation is 1. The maximum atomic E-state index is 13.9. The highest BCUT2D eigenvalue weighted by molar-refractivity contribution is 7.92. The Bertz CT molecular complexity index is 1500. The number of hydrogen-bond acceptors (Lipinski definition) is 4. The summed E-state index contributed by atoms with van der Waals surface area (Å²) >= 11 is 6.26. The van der Waals surface area contributed by atoms with Gasteiger partial charge in [-0.1, -0.05) is 54.1 Å². The van der Waals surface area contributed by atoms with Crippen LogP contribution in [-0.4, -0.2) is 43.8 Å². The summed E-state index contributed by atoms with van der Waals surface area (Å²) in [5.74, 6) is -1.29. The molecule has 0 aliphatic heterocycles. The fourth-order valence-corrected chi connectivity index (χ4v) is 5.79. The van der Waals surface area contributed by atoms with E-state index in [1.54, 1.807) is 32.0 Å². The van der Waals surface area contributed by atoms with Crippen LogP contribution in [0.3, 0.4) is 0 Å². The van der Waals surface area contributed by atoms with Gasteiger partial charge in [0.1, 0.15) is 12.6 Å². The number of anilines is 1. The van der Waals surface area contributed by atoms with Crippen molar-refractivity contribution in [2.45, 2.75) is 57.4 Å². The highest BCUT2D eigenvalue weighted by atomic mass is 35.5. The van der Waals surface area contributed by atoms with Crippen molar-refractivity contribution in [1.82, 2.24) is 10.2 Å². The Morgan fingerprint density at radius 1 is 0.951 bits per heavy atom. The molecule has 0 saturated heterocycles. The molecule has 0 heterocycles. The molecule has 41 heavy (non-hydrogen) atoms. The van der Waals surface area contributed by atoms with E-state index in [-0.39, 0.29) is 22.5 Å². The molecule has 3 aromatic carbocycles. The third kappa shape index (κ3) is 7.80. The fourth-order valence-electron chi connectivity index (χ4n) is 4.07. The van der Waals surface area contributed by atoms with Crippen molar-refractivity contribution in [2.24, 2.45) is 0 Å². The van der Waals surface area contributed by atoms with E-state index in [1.165, 1.54) is 36.1 Å². The van der Waals surface area contributed by atoms with Gasteiger partial charge in [-0.25, -0.2) is 8.42 Å². The monoisotopic (exact) mass is 609 g/mol. The van der Waals surface area contributed by atoms with Crippen LogP contribution in [0.1, 0.15) is 37.5 Å². The summed E-state index contributed by atoms with van der Waals surface area (Å²) in [6, 6.07) is 15.1. The number of sulfonamides is 1. The Morgan fingerprint density at radius 3 is 2.15 bits per heavy atom. The van der Waals surface area contributed by atoms with Crippen molar-refractivity contribution in [3.05, 3.63) is 94.5 Å². The van der Waals surface area contributed by atoms with Crippen LogP contribution in [-0.2, 0) is 32.3 Å². The Kier molecular flexibility index (Phi) is 10.1. The van der Waals surface area contributed by atoms with Gasteiger partial charge in [0.15, 0.2) is 0 Å². The van der Waals surface area contributed by atoms with Gasteiger partial charge in [0.05, 0.1) is 21.2 Å². The van der Waals surface area contributed by atoms with Crippen molar-refractivity contribution in [3.63, 3.8) is 0 Å². The standard InChI is InChI=1S/C29H31ClF3N3O4S/c1-19(2)34-28(38)21(4)35(17-22-11-9-8-10-20(22)3)27(37)18-36(41(39,40)24-12-6-5-7-13-24)26-16-23(29(31,32)33)14-15-25(26)30/h5-16,19,21H,17-18H2,1-4H3,(H,34,38). The number of hydrogen-bond donors (Lipinski definition) is 1. The predicted octanol–water partition coefficient (Wildman–Crippen LogP) is 5.80. The van der Waals surface area contributed by atoms with Gasteiger partial charge in [-0.3, -0.25) is 13.9 Å². The summed E-state index contributed by atoms with van der Waals surface area (Å²) in [6.07, 6.45) is -4.80. The Morgan fingerprint density at radius 2 is 1.56 bits per heavy atom. The number of carbonyl (C=O) groups excluding carboxylic acids is 2. The maximum absolute atomic E-state index is 13.9. The first-order valence-corrected chi connectivity index (χ1v) is 14.5. The number of alkyl halides is 3. The zero-order valence-electron chi connectivity index (χ0n) is 22.9. The number of carbonyl (C=O) groups is 2. The first-order valence-electron chi connectivity index (χ1n) is 12.7. The summed E-state index contributed by atoms with van der Waals surface area (Å²) < 4.78 is 69.0. The summed E-state index contributed by atoms with van der Waals surface area (Å²) in [7, 11) is -4.58. The largest absolute Gasteiger partial charge is 0.416 e. The van der Waals surface area contributed by atoms with Gasteiger partial charge in [0.2, 0.25) is 11.8 Å². The molecule has 0 fully saturated rings. The molecule has 0 bridgehead atoms. The van der Waals surface area contributed by atoms with Crippen LogP contribution < -0.4 is 9.62 Å². The van der Waals surface area contributed by atoms with Gasteiger partial charge in [-0.2, -0.15) is 13.2 Å². The lowest BCUT2D eigenvalue weighted by Gasteiger charge is -2.33. The van der Waals surface area contributed by atoms with Crippen LogP contribution >= 0.6 is 11.6 Å². The second-order valence-corrected chi connectivity index (χ2v) is 12.0. The van der Waals surface area contributed by atoms with E-state index < -0.39 is 51.9 Å². The van der Waals surface area contributed by atoms with Crippen LogP contribution in [0, 0.1) is 6.92 Å². The zero-order valence-corrected chi connectivity index (χ0v) is 24.5. The van der Waals surface area contributed by atoms with Crippen molar-refractivity contribution in [2.75, 3.05) is 10.8 Å². The first-order chi connectivity index (χ1) is 19.1. The molecule has 3 aromatic rings. The van der Waals surface area contributed by atoms with Gasteiger partial charge >= 0.3 is 6.18 Å². The third-order valence-electron chi connectivity index (χ3n) is 6.35. The molecule has 0 radical (unpaired) electrons. The van der Waals surface area contributed by atoms with Crippen LogP contribution in [0.5, 0.6) is 0 Å². The topological polar surface area (TPSA) is 86.8 Å². The van der Waals surface area contributed by atoms with E-state index in [4.69, 9.17) is 11.6 Å². The number of halogens is 4. The summed E-state index contributed by atoms with van der Waals surface area (Å²) in [5, 5.41) is 2.44. The molecular formula is C29H31ClF3N3O4S. The molecule has 1 atom stereocenters. The SMILES string of the molecule is Cc1ccccc1CN(C(=O)CN(c1cc(C(F)(F)F)ccc1Cl)S(=O)(=O)c1ccccc1)C(C)C(=O)NC(C)C. The van der Waals surface area contributed by atoms with Crippen molar-refractivity contribution >= 4 is 39.1 Å². The second kappa shape index (κ2) is 12.9. The van der Waals surface area contributed by atoms with Gasteiger partial charge in [0.25, 0.3) is 10.0 Å². The zero-order chi connectivity index (χ0) is 30.5. The maximum Gasteiger partial charge on any atom is 0.416 e. The van der Waals surface area contributed by atoms with Crippen LogP contribution in [0.4, 0.5) is 18.9 Å². The Balaban J connectivity index is 2.14. The predicted molar refractivity (Wildman–Crippen MR) is 152 cm³/mol. The molecule has 12 heteroatoms. The lowest BCUT2D eigenvalue weighted by molar-refractivity contribution is -0.139. The van der Waals surface area contributed by atoms with Crippen molar-refractivity contribution in [3.8, 4) is 0 Å². The minimum Gasteiger partial charge on any atom is -0.352 e. The lowest BCUT2D eigenvalue weighted by atomic mass is 10.1. The molecule has 7 nitrogen and oxygen atoms in total. The quantitative estimate of drug-likeness (QED) is 0.315. The fraction of sp³-hybridized carbons (Fsp3) is 0.310. The van der Waals surface area contributed by atoms with Crippen LogP contribution in [0.15, 0.2) is 77.7 Å². The van der Waals surface area contributed by atoms with Gasteiger partial charge in [-0.05, 0) is 69.2 Å². The number of rotatable bonds is 10. The average Bonchev–Trinajstić information content (AvgIpc) is 2.90. The van der Waals surface area contributed by atoms with Crippen LogP contribution in [0.25, 0.3) is 0 Å². The van der Waals surface area contributed by atoms with Gasteiger partial charge in [0, 0.05) is 12.6 Å². The third-order valence-corrected chi connectivity index (χ3v) is 8.45. The minimum atomic E-state index is -4.80. The van der Waals surface area contributed by atoms with Gasteiger partial charge in [-0.15, -0.1) is 0 Å². The van der Waals surface area contributed by atoms with E-state index in [1.807, 2.05) is 19.1 Å². The molecule has 0 aliphatic carbocycles. The lowest BCUT2D eigenvalue weighted by Crippen LogP contribution is -2.52. The highest BCUT2D eigenvalue weighted by Gasteiger charge is 2.36. The first kappa shape index (κ1) is 32.0. The van der Waals surface area contributed by atoms with E-state index in [2.05, 4.69) is 5.32 Å². The normalized spacial score (nSPS) is 12.6. The second-order valence-electron chi connectivity index (χ2n) is 9.78. The van der Waals surface area contributed by atoms with Crippen LogP contribution in [0.2, 0.25) is 5.02 Å². The number of nitrogens with one attached hydrogen (secondary N) is 1. The molecule has 1 unspecified atom stereocenters. The Labute approximate surface area is 243 Å². The molecule has 0 spiro atoms. The number of amides is 2. The summed E-state index contributed by atoms with van der Waals surface area (Å²) in [6.45, 7) is 5.87. The summed E-state index contributed by atoms with van der Waals surface area (Å²) in [5.41, 5.74) is -0.121. The highest BCUT2D eigenvalue weighted by Crippen LogP contribution is 2.37. The van der Waals surface area contributed by atoms with E-state index >= 15 is 0 Å². The molecule has 0 saturated carbocycles.